The maximum absolute atomic E-state index is 11.7. The second-order valence-corrected chi connectivity index (χ2v) is 9.96. The quantitative estimate of drug-likeness (QED) is 0.542. The predicted molar refractivity (Wildman–Crippen MR) is 97.4 cm³/mol. The summed E-state index contributed by atoms with van der Waals surface area (Å²) < 4.78 is 11.4. The van der Waals surface area contributed by atoms with Crippen LogP contribution in [-0.4, -0.2) is 45.2 Å². The van der Waals surface area contributed by atoms with Gasteiger partial charge < -0.3 is 14.1 Å². The molecule has 0 radical (unpaired) electrons. The van der Waals surface area contributed by atoms with Crippen molar-refractivity contribution in [3.05, 3.63) is 12.7 Å². The fourth-order valence-electron chi connectivity index (χ4n) is 2.78. The topological polar surface area (TPSA) is 51.1 Å². The van der Waals surface area contributed by atoms with Crippen molar-refractivity contribution in [2.24, 2.45) is 10.4 Å². The summed E-state index contributed by atoms with van der Waals surface area (Å²) in [5.74, 6) is 0.752. The number of carbonyl (C=O) groups is 1. The normalized spacial score (nSPS) is 23.6. The molecule has 132 valence electrons. The summed E-state index contributed by atoms with van der Waals surface area (Å²) >= 11 is 0. The molecule has 1 aliphatic rings. The van der Waals surface area contributed by atoms with Crippen LogP contribution in [0.25, 0.3) is 0 Å². The first-order chi connectivity index (χ1) is 10.6. The third-order valence-electron chi connectivity index (χ3n) is 4.00. The van der Waals surface area contributed by atoms with Crippen LogP contribution >= 0.6 is 0 Å². The number of nitrogens with zero attached hydrogens (tertiary/aromatic N) is 2. The van der Waals surface area contributed by atoms with Crippen molar-refractivity contribution >= 4 is 21.0 Å². The highest BCUT2D eigenvalue weighted by molar-refractivity contribution is 6.48. The minimum absolute atomic E-state index is 0.184. The number of amides is 1. The molecule has 5 nitrogen and oxygen atoms in total. The standard InChI is InChI=1S/C17H32N2O3Si/c1-8-13-21-15(20)18-14-9-10-17(19(14)5,22-23(6)7)12-11-16(2,3)4/h8,23H,1,9-13H2,2-7H3/t17-/m1/s1. The largest absolute Gasteiger partial charge is 0.444 e. The van der Waals surface area contributed by atoms with Crippen LogP contribution in [0.1, 0.15) is 46.5 Å². The number of hydrogen-bond donors (Lipinski definition) is 0. The first kappa shape index (κ1) is 19.9. The van der Waals surface area contributed by atoms with Crippen LogP contribution in [0.4, 0.5) is 4.79 Å². The minimum atomic E-state index is -1.22. The number of ether oxygens (including phenoxy) is 1. The number of rotatable bonds is 6. The van der Waals surface area contributed by atoms with Gasteiger partial charge in [0.05, 0.1) is 0 Å². The van der Waals surface area contributed by atoms with E-state index in [9.17, 15) is 4.79 Å². The lowest BCUT2D eigenvalue weighted by Crippen LogP contribution is -2.48. The van der Waals surface area contributed by atoms with E-state index in [1.807, 2.05) is 7.05 Å². The van der Waals surface area contributed by atoms with E-state index < -0.39 is 15.1 Å². The monoisotopic (exact) mass is 340 g/mol. The molecule has 1 rings (SSSR count). The second kappa shape index (κ2) is 8.10. The maximum Gasteiger partial charge on any atom is 0.435 e. The van der Waals surface area contributed by atoms with Crippen molar-refractivity contribution in [3.8, 4) is 0 Å². The molecule has 1 saturated heterocycles. The predicted octanol–water partition coefficient (Wildman–Crippen LogP) is 3.96. The Morgan fingerprint density at radius 1 is 1.48 bits per heavy atom. The molecule has 23 heavy (non-hydrogen) atoms. The summed E-state index contributed by atoms with van der Waals surface area (Å²) in [6.45, 7) is 14.8. The Morgan fingerprint density at radius 2 is 2.13 bits per heavy atom. The average Bonchev–Trinajstić information content (AvgIpc) is 2.71. The van der Waals surface area contributed by atoms with Crippen molar-refractivity contribution in [1.82, 2.24) is 4.90 Å². The third kappa shape index (κ3) is 6.10. The van der Waals surface area contributed by atoms with Crippen LogP contribution < -0.4 is 0 Å². The van der Waals surface area contributed by atoms with Crippen LogP contribution in [0.15, 0.2) is 17.6 Å². The molecule has 1 amide bonds. The zero-order valence-electron chi connectivity index (χ0n) is 15.5. The van der Waals surface area contributed by atoms with Crippen LogP contribution in [-0.2, 0) is 9.16 Å². The first-order valence-corrected chi connectivity index (χ1v) is 11.1. The van der Waals surface area contributed by atoms with Gasteiger partial charge in [-0.3, -0.25) is 0 Å². The minimum Gasteiger partial charge on any atom is -0.444 e. The number of carbonyl (C=O) groups excluding carboxylic acids is 1. The summed E-state index contributed by atoms with van der Waals surface area (Å²) in [4.78, 5) is 17.9. The molecule has 1 heterocycles. The van der Waals surface area contributed by atoms with Gasteiger partial charge in [0.2, 0.25) is 0 Å². The molecule has 0 aliphatic carbocycles. The van der Waals surface area contributed by atoms with Gasteiger partial charge in [-0.15, -0.1) is 0 Å². The van der Waals surface area contributed by atoms with Gasteiger partial charge in [-0.05, 0) is 31.4 Å². The molecule has 1 fully saturated rings. The van der Waals surface area contributed by atoms with Gasteiger partial charge in [0.1, 0.15) is 18.2 Å². The maximum atomic E-state index is 11.7. The molecule has 1 aliphatic heterocycles. The molecule has 1 atom stereocenters. The summed E-state index contributed by atoms with van der Waals surface area (Å²) in [6.07, 6.45) is 4.60. The highest BCUT2D eigenvalue weighted by Gasteiger charge is 2.44. The Kier molecular flexibility index (Phi) is 7.01. The zero-order chi connectivity index (χ0) is 17.7. The highest BCUT2D eigenvalue weighted by Crippen LogP contribution is 2.38. The second-order valence-electron chi connectivity index (χ2n) is 7.63. The Morgan fingerprint density at radius 3 is 2.65 bits per heavy atom. The molecule has 0 bridgehead atoms. The summed E-state index contributed by atoms with van der Waals surface area (Å²) in [5.41, 5.74) is -0.0796. The fraction of sp³-hybridized carbons (Fsp3) is 0.765. The molecule has 6 heteroatoms. The highest BCUT2D eigenvalue weighted by atomic mass is 28.3. The lowest BCUT2D eigenvalue weighted by Gasteiger charge is -2.40. The Labute approximate surface area is 142 Å². The van der Waals surface area contributed by atoms with E-state index >= 15 is 0 Å². The summed E-state index contributed by atoms with van der Waals surface area (Å²) in [5, 5.41) is 0. The lowest BCUT2D eigenvalue weighted by molar-refractivity contribution is -0.0377. The number of aliphatic imine (C=N–C) groups is 1. The van der Waals surface area contributed by atoms with Gasteiger partial charge in [0.25, 0.3) is 0 Å². The molecule has 0 aromatic heterocycles. The fourth-order valence-corrected chi connectivity index (χ4v) is 4.05. The molecule has 0 saturated carbocycles. The van der Waals surface area contributed by atoms with Gasteiger partial charge in [-0.2, -0.15) is 4.99 Å². The summed E-state index contributed by atoms with van der Waals surface area (Å²) in [6, 6.07) is 0. The molecule has 0 N–H and O–H groups in total. The molecular weight excluding hydrogens is 308 g/mol. The Balaban J connectivity index is 2.89. The van der Waals surface area contributed by atoms with Crippen LogP contribution in [0, 0.1) is 5.41 Å². The molecular formula is C17H32N2O3Si. The third-order valence-corrected chi connectivity index (χ3v) is 4.91. The zero-order valence-corrected chi connectivity index (χ0v) is 16.7. The van der Waals surface area contributed by atoms with Gasteiger partial charge in [0, 0.05) is 19.9 Å². The van der Waals surface area contributed by atoms with E-state index in [-0.39, 0.29) is 17.7 Å². The Hall–Kier alpha value is -1.14. The first-order valence-electron chi connectivity index (χ1n) is 8.36. The van der Waals surface area contributed by atoms with Gasteiger partial charge >= 0.3 is 6.09 Å². The van der Waals surface area contributed by atoms with Gasteiger partial charge in [-0.25, -0.2) is 4.79 Å². The van der Waals surface area contributed by atoms with E-state index in [2.05, 4.69) is 50.3 Å². The van der Waals surface area contributed by atoms with Crippen LogP contribution in [0.2, 0.25) is 13.1 Å². The molecule has 0 aromatic carbocycles. The smallest absolute Gasteiger partial charge is 0.435 e. The van der Waals surface area contributed by atoms with E-state index in [4.69, 9.17) is 9.16 Å². The number of amidine groups is 1. The number of hydrogen-bond acceptors (Lipinski definition) is 3. The van der Waals surface area contributed by atoms with Crippen molar-refractivity contribution in [2.75, 3.05) is 13.7 Å². The summed E-state index contributed by atoms with van der Waals surface area (Å²) in [7, 11) is 0.756. The number of likely N-dealkylation sites (tertiary alicyclic amines) is 1. The van der Waals surface area contributed by atoms with E-state index in [0.717, 1.165) is 31.5 Å². The van der Waals surface area contributed by atoms with Crippen molar-refractivity contribution in [2.45, 2.75) is 65.3 Å². The van der Waals surface area contributed by atoms with Gasteiger partial charge in [0.15, 0.2) is 9.04 Å². The van der Waals surface area contributed by atoms with Crippen LogP contribution in [0.5, 0.6) is 0 Å². The molecule has 0 aromatic rings. The van der Waals surface area contributed by atoms with E-state index in [0.29, 0.717) is 0 Å². The Bertz CT molecular complexity index is 457. The van der Waals surface area contributed by atoms with E-state index in [1.54, 1.807) is 0 Å². The SMILES string of the molecule is C=CCOC(=O)N=C1CC[C@](CCC(C)(C)C)(O[SiH](C)C)N1C. The van der Waals surface area contributed by atoms with Crippen molar-refractivity contribution in [1.29, 1.82) is 0 Å². The van der Waals surface area contributed by atoms with Gasteiger partial charge in [-0.1, -0.05) is 33.4 Å². The van der Waals surface area contributed by atoms with E-state index in [1.165, 1.54) is 6.08 Å². The van der Waals surface area contributed by atoms with Crippen molar-refractivity contribution in [3.63, 3.8) is 0 Å². The average molecular weight is 341 g/mol. The molecule has 0 spiro atoms. The lowest BCUT2D eigenvalue weighted by atomic mass is 9.87. The van der Waals surface area contributed by atoms with Crippen LogP contribution in [0.3, 0.4) is 0 Å². The van der Waals surface area contributed by atoms with Crippen molar-refractivity contribution < 1.29 is 14.0 Å². The molecule has 0 unspecified atom stereocenters.